The molecular weight excluding hydrogens is 308 g/mol. The van der Waals surface area contributed by atoms with Crippen LogP contribution in [0.25, 0.3) is 0 Å². The molecule has 0 aromatic heterocycles. The van der Waals surface area contributed by atoms with Crippen LogP contribution in [0, 0.1) is 23.7 Å². The maximum Gasteiger partial charge on any atom is 0.247 e. The molecule has 1 aromatic rings. The maximum atomic E-state index is 12.7. The lowest BCUT2D eigenvalue weighted by Crippen LogP contribution is -2.46. The van der Waals surface area contributed by atoms with Crippen LogP contribution in [-0.4, -0.2) is 33.8 Å². The molecule has 24 heavy (non-hydrogen) atoms. The van der Waals surface area contributed by atoms with Crippen LogP contribution in [0.3, 0.4) is 0 Å². The van der Waals surface area contributed by atoms with E-state index < -0.39 is 11.9 Å². The zero-order valence-electron chi connectivity index (χ0n) is 13.2. The van der Waals surface area contributed by atoms with E-state index in [4.69, 9.17) is 0 Å². The number of allylic oxidation sites excluding steroid dienone is 2. The quantitative estimate of drug-likeness (QED) is 0.501. The van der Waals surface area contributed by atoms with Crippen LogP contribution in [0.1, 0.15) is 13.3 Å². The van der Waals surface area contributed by atoms with Crippen molar-refractivity contribution in [1.29, 1.82) is 0 Å². The minimum absolute atomic E-state index is 0.0590. The van der Waals surface area contributed by atoms with Crippen molar-refractivity contribution in [3.05, 3.63) is 36.4 Å². The van der Waals surface area contributed by atoms with E-state index in [0.29, 0.717) is 0 Å². The molecule has 1 aromatic carbocycles. The predicted octanol–water partition coefficient (Wildman–Crippen LogP) is 1.53. The van der Waals surface area contributed by atoms with Gasteiger partial charge >= 0.3 is 0 Å². The van der Waals surface area contributed by atoms with E-state index in [-0.39, 0.29) is 46.9 Å². The molecule has 3 amide bonds. The lowest BCUT2D eigenvalue weighted by atomic mass is 9.85. The van der Waals surface area contributed by atoms with Gasteiger partial charge in [-0.25, -0.2) is 0 Å². The summed E-state index contributed by atoms with van der Waals surface area (Å²) in [4.78, 5) is 39.0. The summed E-state index contributed by atoms with van der Waals surface area (Å²) in [5.41, 5.74) is 0.260. The number of rotatable bonds is 3. The summed E-state index contributed by atoms with van der Waals surface area (Å²) in [5.74, 6) is -1.43. The number of amides is 3. The highest BCUT2D eigenvalue weighted by atomic mass is 16.3. The van der Waals surface area contributed by atoms with Crippen molar-refractivity contribution in [2.24, 2.45) is 23.7 Å². The van der Waals surface area contributed by atoms with Gasteiger partial charge in [-0.15, -0.1) is 0 Å². The van der Waals surface area contributed by atoms with Crippen molar-refractivity contribution in [1.82, 2.24) is 4.90 Å². The fourth-order valence-electron chi connectivity index (χ4n) is 4.24. The highest BCUT2D eigenvalue weighted by Gasteiger charge is 2.60. The van der Waals surface area contributed by atoms with Gasteiger partial charge in [-0.1, -0.05) is 24.3 Å². The van der Waals surface area contributed by atoms with Gasteiger partial charge in [-0.05, 0) is 37.3 Å². The first kappa shape index (κ1) is 14.9. The SMILES string of the molecule is C[C@H](C(=O)Nc1ccccc1O)N1C(=O)[C@@H]2[C@@H](C1=O)[C@H]1C=C[C@H]2C1. The third kappa shape index (κ3) is 1.99. The average Bonchev–Trinajstić information content (AvgIpc) is 3.23. The van der Waals surface area contributed by atoms with E-state index in [1.807, 2.05) is 12.2 Å². The van der Waals surface area contributed by atoms with Gasteiger partial charge in [0.15, 0.2) is 0 Å². The minimum Gasteiger partial charge on any atom is -0.506 e. The number of phenolic OH excluding ortho intramolecular Hbond substituents is 1. The zero-order chi connectivity index (χ0) is 17.0. The molecule has 2 bridgehead atoms. The smallest absolute Gasteiger partial charge is 0.247 e. The Morgan fingerprint density at radius 3 is 2.33 bits per heavy atom. The fourth-order valence-corrected chi connectivity index (χ4v) is 4.24. The number of carbonyl (C=O) groups is 3. The van der Waals surface area contributed by atoms with E-state index in [1.54, 1.807) is 25.1 Å². The first-order valence-electron chi connectivity index (χ1n) is 8.13. The van der Waals surface area contributed by atoms with Gasteiger partial charge in [0.2, 0.25) is 17.7 Å². The second-order valence-corrected chi connectivity index (χ2v) is 6.73. The number of phenols is 1. The molecule has 124 valence electrons. The van der Waals surface area contributed by atoms with Crippen molar-refractivity contribution in [2.45, 2.75) is 19.4 Å². The van der Waals surface area contributed by atoms with Gasteiger partial charge in [-0.2, -0.15) is 0 Å². The lowest BCUT2D eigenvalue weighted by molar-refractivity contribution is -0.146. The maximum absolute atomic E-state index is 12.7. The molecule has 0 radical (unpaired) electrons. The highest BCUT2D eigenvalue weighted by molar-refractivity contribution is 6.10. The number of para-hydroxylation sites is 2. The molecule has 6 nitrogen and oxygen atoms in total. The number of aromatic hydroxyl groups is 1. The molecule has 0 unspecified atom stereocenters. The number of nitrogens with zero attached hydrogens (tertiary/aromatic N) is 1. The van der Waals surface area contributed by atoms with Crippen LogP contribution in [0.4, 0.5) is 5.69 Å². The first-order chi connectivity index (χ1) is 11.5. The Labute approximate surface area is 139 Å². The summed E-state index contributed by atoms with van der Waals surface area (Å²) in [6, 6.07) is 5.44. The molecule has 0 spiro atoms. The third-order valence-corrected chi connectivity index (χ3v) is 5.43. The third-order valence-electron chi connectivity index (χ3n) is 5.43. The van der Waals surface area contributed by atoms with Crippen LogP contribution in [0.5, 0.6) is 5.75 Å². The van der Waals surface area contributed by atoms with Crippen molar-refractivity contribution in [2.75, 3.05) is 5.32 Å². The molecule has 3 aliphatic rings. The number of anilines is 1. The summed E-state index contributed by atoms with van der Waals surface area (Å²) >= 11 is 0. The van der Waals surface area contributed by atoms with E-state index in [9.17, 15) is 19.5 Å². The highest BCUT2D eigenvalue weighted by Crippen LogP contribution is 2.52. The van der Waals surface area contributed by atoms with Gasteiger partial charge in [-0.3, -0.25) is 19.3 Å². The van der Waals surface area contributed by atoms with Gasteiger partial charge in [0, 0.05) is 0 Å². The number of hydrogen-bond donors (Lipinski definition) is 2. The zero-order valence-corrected chi connectivity index (χ0v) is 13.2. The number of likely N-dealkylation sites (tertiary alicyclic amines) is 1. The molecule has 1 aliphatic heterocycles. The van der Waals surface area contributed by atoms with Crippen LogP contribution in [0.2, 0.25) is 0 Å². The minimum atomic E-state index is -0.908. The van der Waals surface area contributed by atoms with Crippen molar-refractivity contribution >= 4 is 23.4 Å². The predicted molar refractivity (Wildman–Crippen MR) is 85.8 cm³/mol. The normalized spacial score (nSPS) is 31.5. The Hall–Kier alpha value is -2.63. The van der Waals surface area contributed by atoms with Gasteiger partial charge in [0.25, 0.3) is 0 Å². The Morgan fingerprint density at radius 2 is 1.75 bits per heavy atom. The number of hydrogen-bond acceptors (Lipinski definition) is 4. The number of imide groups is 1. The molecular formula is C18H18N2O4. The van der Waals surface area contributed by atoms with Crippen LogP contribution in [-0.2, 0) is 14.4 Å². The molecule has 1 saturated heterocycles. The largest absolute Gasteiger partial charge is 0.506 e. The Morgan fingerprint density at radius 1 is 1.17 bits per heavy atom. The van der Waals surface area contributed by atoms with Crippen LogP contribution in [0.15, 0.2) is 36.4 Å². The molecule has 1 saturated carbocycles. The Kier molecular flexibility index (Phi) is 3.23. The summed E-state index contributed by atoms with van der Waals surface area (Å²) in [6.45, 7) is 1.54. The molecule has 5 atom stereocenters. The van der Waals surface area contributed by atoms with Crippen molar-refractivity contribution < 1.29 is 19.5 Å². The molecule has 2 N–H and O–H groups in total. The van der Waals surface area contributed by atoms with E-state index in [0.717, 1.165) is 11.3 Å². The summed E-state index contributed by atoms with van der Waals surface area (Å²) in [6.07, 6.45) is 4.90. The Bertz CT molecular complexity index is 742. The standard InChI is InChI=1S/C18H18N2O4/c1-9(16(22)19-12-4-2-3-5-13(12)21)20-17(23)14-10-6-7-11(8-10)15(14)18(20)24/h2-7,9-11,14-15,21H,8H2,1H3,(H,19,22)/t9-,10+,11+,14+,15+/m1/s1. The Balaban J connectivity index is 1.54. The summed E-state index contributed by atoms with van der Waals surface area (Å²) in [5, 5.41) is 12.3. The van der Waals surface area contributed by atoms with E-state index in [2.05, 4.69) is 5.32 Å². The first-order valence-corrected chi connectivity index (χ1v) is 8.13. The van der Waals surface area contributed by atoms with Crippen LogP contribution >= 0.6 is 0 Å². The van der Waals surface area contributed by atoms with E-state index in [1.165, 1.54) is 6.07 Å². The topological polar surface area (TPSA) is 86.7 Å². The molecule has 4 rings (SSSR count). The van der Waals surface area contributed by atoms with Gasteiger partial charge in [0.1, 0.15) is 11.8 Å². The molecule has 2 aliphatic carbocycles. The number of fused-ring (bicyclic) bond motifs is 5. The summed E-state index contributed by atoms with van der Waals surface area (Å²) in [7, 11) is 0. The van der Waals surface area contributed by atoms with Gasteiger partial charge < -0.3 is 10.4 Å². The summed E-state index contributed by atoms with van der Waals surface area (Å²) < 4.78 is 0. The lowest BCUT2D eigenvalue weighted by Gasteiger charge is -2.24. The molecule has 1 heterocycles. The second kappa shape index (κ2) is 5.19. The molecule has 6 heteroatoms. The fraction of sp³-hybridized carbons (Fsp3) is 0.389. The van der Waals surface area contributed by atoms with Crippen LogP contribution < -0.4 is 5.32 Å². The van der Waals surface area contributed by atoms with Gasteiger partial charge in [0.05, 0.1) is 17.5 Å². The number of nitrogens with one attached hydrogen (secondary N) is 1. The second-order valence-electron chi connectivity index (χ2n) is 6.73. The molecule has 2 fully saturated rings. The number of benzene rings is 1. The van der Waals surface area contributed by atoms with E-state index >= 15 is 0 Å². The van der Waals surface area contributed by atoms with Crippen molar-refractivity contribution in [3.63, 3.8) is 0 Å². The average molecular weight is 326 g/mol. The monoisotopic (exact) mass is 326 g/mol. The van der Waals surface area contributed by atoms with Crippen molar-refractivity contribution in [3.8, 4) is 5.75 Å². The number of carbonyl (C=O) groups excluding carboxylic acids is 3.